The zero-order valence-electron chi connectivity index (χ0n) is 14.9. The molecular weight excluding hydrogens is 356 g/mol. The van der Waals surface area contributed by atoms with Gasteiger partial charge in [-0.2, -0.15) is 0 Å². The molecule has 2 aromatic heterocycles. The molecule has 0 aliphatic carbocycles. The fourth-order valence-electron chi connectivity index (χ4n) is 3.09. The third-order valence-electron chi connectivity index (χ3n) is 4.57. The molecule has 0 N–H and O–H groups in total. The molecule has 0 bridgehead atoms. The maximum absolute atomic E-state index is 12.4. The summed E-state index contributed by atoms with van der Waals surface area (Å²) in [5.74, 6) is 0.973. The Labute approximate surface area is 162 Å². The number of benzene rings is 1. The van der Waals surface area contributed by atoms with Crippen molar-refractivity contribution >= 4 is 29.1 Å². The van der Waals surface area contributed by atoms with Crippen LogP contribution < -0.4 is 4.90 Å². The molecule has 0 atom stereocenters. The zero-order valence-corrected chi connectivity index (χ0v) is 15.7. The molecule has 0 radical (unpaired) electrons. The molecule has 3 heterocycles. The van der Waals surface area contributed by atoms with Crippen molar-refractivity contribution in [3.63, 3.8) is 0 Å². The number of amides is 1. The third kappa shape index (κ3) is 4.23. The Morgan fingerprint density at radius 2 is 1.81 bits per heavy atom. The molecule has 1 aliphatic heterocycles. The van der Waals surface area contributed by atoms with E-state index in [1.165, 1.54) is 0 Å². The monoisotopic (exact) mass is 376 g/mol. The molecule has 0 saturated carbocycles. The van der Waals surface area contributed by atoms with Crippen molar-refractivity contribution in [2.24, 2.45) is 0 Å². The Morgan fingerprint density at radius 3 is 2.56 bits per heavy atom. The van der Waals surface area contributed by atoms with Gasteiger partial charge in [0.05, 0.1) is 5.69 Å². The van der Waals surface area contributed by atoms with Crippen molar-refractivity contribution < 1.29 is 4.79 Å². The van der Waals surface area contributed by atoms with Gasteiger partial charge in [0.15, 0.2) is 0 Å². The highest BCUT2D eigenvalue weighted by molar-refractivity contribution is 7.10. The number of piperazine rings is 1. The predicted octanol–water partition coefficient (Wildman–Crippen LogP) is 3.57. The summed E-state index contributed by atoms with van der Waals surface area (Å²) in [6.07, 6.45) is 5.16. The van der Waals surface area contributed by atoms with Crippen molar-refractivity contribution in [1.29, 1.82) is 0 Å². The van der Waals surface area contributed by atoms with Gasteiger partial charge in [0, 0.05) is 48.8 Å². The van der Waals surface area contributed by atoms with E-state index in [0.29, 0.717) is 13.1 Å². The minimum atomic E-state index is 0.0655. The Bertz CT molecular complexity index is 916. The highest BCUT2D eigenvalue weighted by Crippen LogP contribution is 2.21. The summed E-state index contributed by atoms with van der Waals surface area (Å²) < 4.78 is 0. The first kappa shape index (κ1) is 17.4. The Balaban J connectivity index is 1.39. The van der Waals surface area contributed by atoms with Gasteiger partial charge in [-0.05, 0) is 17.5 Å². The Kier molecular flexibility index (Phi) is 5.25. The molecule has 1 amide bonds. The molecule has 3 aromatic rings. The van der Waals surface area contributed by atoms with Crippen molar-refractivity contribution in [3.05, 3.63) is 71.2 Å². The average molecular weight is 376 g/mol. The van der Waals surface area contributed by atoms with Crippen molar-refractivity contribution in [3.8, 4) is 11.3 Å². The lowest BCUT2D eigenvalue weighted by atomic mass is 10.1. The van der Waals surface area contributed by atoms with Gasteiger partial charge in [-0.1, -0.05) is 36.4 Å². The maximum atomic E-state index is 12.4. The van der Waals surface area contributed by atoms with E-state index >= 15 is 0 Å². The molecule has 1 fully saturated rings. The number of aromatic nitrogens is 2. The van der Waals surface area contributed by atoms with Crippen LogP contribution in [0.5, 0.6) is 0 Å². The number of carbonyl (C=O) groups excluding carboxylic acids is 1. The molecule has 4 rings (SSSR count). The molecule has 0 unspecified atom stereocenters. The van der Waals surface area contributed by atoms with Crippen LogP contribution in [0.2, 0.25) is 0 Å². The van der Waals surface area contributed by atoms with Crippen molar-refractivity contribution in [2.45, 2.75) is 0 Å². The number of carbonyl (C=O) groups is 1. The van der Waals surface area contributed by atoms with Gasteiger partial charge in [0.1, 0.15) is 12.1 Å². The standard InChI is InChI=1S/C21H20N4OS/c26-21(9-8-18-7-4-14-27-18)25-12-10-24(11-13-25)20-15-19(22-16-23-20)17-5-2-1-3-6-17/h1-9,14-16H,10-13H2. The Morgan fingerprint density at radius 1 is 1.00 bits per heavy atom. The smallest absolute Gasteiger partial charge is 0.246 e. The molecule has 1 aromatic carbocycles. The highest BCUT2D eigenvalue weighted by atomic mass is 32.1. The van der Waals surface area contributed by atoms with E-state index in [2.05, 4.69) is 14.9 Å². The fraction of sp³-hybridized carbons (Fsp3) is 0.190. The molecule has 1 saturated heterocycles. The van der Waals surface area contributed by atoms with Crippen LogP contribution in [0.1, 0.15) is 4.88 Å². The van der Waals surface area contributed by atoms with E-state index < -0.39 is 0 Å². The lowest BCUT2D eigenvalue weighted by Crippen LogP contribution is -2.48. The normalized spacial score (nSPS) is 14.7. The van der Waals surface area contributed by atoms with Gasteiger partial charge in [-0.25, -0.2) is 9.97 Å². The van der Waals surface area contributed by atoms with Gasteiger partial charge in [0.25, 0.3) is 0 Å². The van der Waals surface area contributed by atoms with Crippen LogP contribution in [0, 0.1) is 0 Å². The van der Waals surface area contributed by atoms with E-state index in [-0.39, 0.29) is 5.91 Å². The van der Waals surface area contributed by atoms with Crippen molar-refractivity contribution in [2.75, 3.05) is 31.1 Å². The molecule has 6 heteroatoms. The summed E-state index contributed by atoms with van der Waals surface area (Å²) in [7, 11) is 0. The maximum Gasteiger partial charge on any atom is 0.246 e. The second-order valence-electron chi connectivity index (χ2n) is 6.29. The number of anilines is 1. The van der Waals surface area contributed by atoms with Crippen molar-refractivity contribution in [1.82, 2.24) is 14.9 Å². The number of thiophene rings is 1. The van der Waals surface area contributed by atoms with Crippen LogP contribution in [0.3, 0.4) is 0 Å². The molecule has 27 heavy (non-hydrogen) atoms. The molecular formula is C21H20N4OS. The fourth-order valence-corrected chi connectivity index (χ4v) is 3.71. The van der Waals surface area contributed by atoms with Crippen LogP contribution in [0.25, 0.3) is 17.3 Å². The molecule has 0 spiro atoms. The van der Waals surface area contributed by atoms with E-state index in [0.717, 1.165) is 35.0 Å². The van der Waals surface area contributed by atoms with Crippen LogP contribution in [0.15, 0.2) is 66.3 Å². The van der Waals surface area contributed by atoms with Gasteiger partial charge >= 0.3 is 0 Å². The SMILES string of the molecule is O=C(C=Cc1cccs1)N1CCN(c2cc(-c3ccccc3)ncn2)CC1. The van der Waals surface area contributed by atoms with Crippen LogP contribution in [-0.4, -0.2) is 47.0 Å². The topological polar surface area (TPSA) is 49.3 Å². The number of hydrogen-bond acceptors (Lipinski definition) is 5. The zero-order chi connectivity index (χ0) is 18.5. The predicted molar refractivity (Wildman–Crippen MR) is 110 cm³/mol. The average Bonchev–Trinajstić information content (AvgIpc) is 3.27. The summed E-state index contributed by atoms with van der Waals surface area (Å²) in [6, 6.07) is 16.1. The van der Waals surface area contributed by atoms with E-state index in [1.807, 2.05) is 64.9 Å². The second-order valence-corrected chi connectivity index (χ2v) is 7.27. The first-order valence-corrected chi connectivity index (χ1v) is 9.80. The minimum absolute atomic E-state index is 0.0655. The van der Waals surface area contributed by atoms with Gasteiger partial charge in [-0.15, -0.1) is 11.3 Å². The first-order valence-electron chi connectivity index (χ1n) is 8.92. The van der Waals surface area contributed by atoms with E-state index in [1.54, 1.807) is 23.7 Å². The van der Waals surface area contributed by atoms with E-state index in [9.17, 15) is 4.79 Å². The highest BCUT2D eigenvalue weighted by Gasteiger charge is 2.21. The van der Waals surface area contributed by atoms with Gasteiger partial charge in [-0.3, -0.25) is 4.79 Å². The summed E-state index contributed by atoms with van der Waals surface area (Å²) >= 11 is 1.63. The summed E-state index contributed by atoms with van der Waals surface area (Å²) in [5, 5.41) is 2.01. The minimum Gasteiger partial charge on any atom is -0.353 e. The van der Waals surface area contributed by atoms with Gasteiger partial charge in [0.2, 0.25) is 5.91 Å². The molecule has 1 aliphatic rings. The van der Waals surface area contributed by atoms with Crippen LogP contribution in [-0.2, 0) is 4.79 Å². The number of rotatable bonds is 4. The first-order chi connectivity index (χ1) is 13.3. The molecule has 5 nitrogen and oxygen atoms in total. The lowest BCUT2D eigenvalue weighted by molar-refractivity contribution is -0.126. The lowest BCUT2D eigenvalue weighted by Gasteiger charge is -2.35. The van der Waals surface area contributed by atoms with Gasteiger partial charge < -0.3 is 9.80 Å². The second kappa shape index (κ2) is 8.14. The third-order valence-corrected chi connectivity index (χ3v) is 5.41. The molecule has 136 valence electrons. The number of hydrogen-bond donors (Lipinski definition) is 0. The largest absolute Gasteiger partial charge is 0.353 e. The summed E-state index contributed by atoms with van der Waals surface area (Å²) in [5.41, 5.74) is 1.99. The quantitative estimate of drug-likeness (QED) is 0.653. The van der Waals surface area contributed by atoms with Crippen LogP contribution in [0.4, 0.5) is 5.82 Å². The summed E-state index contributed by atoms with van der Waals surface area (Å²) in [6.45, 7) is 2.92. The van der Waals surface area contributed by atoms with E-state index in [4.69, 9.17) is 0 Å². The van der Waals surface area contributed by atoms with Crippen LogP contribution >= 0.6 is 11.3 Å². The summed E-state index contributed by atoms with van der Waals surface area (Å²) in [4.78, 5) is 26.4. The number of nitrogens with zero attached hydrogens (tertiary/aromatic N) is 4. The Hall–Kier alpha value is -2.99.